The summed E-state index contributed by atoms with van der Waals surface area (Å²) in [6, 6.07) is 0. The first-order valence-electron chi connectivity index (χ1n) is 11.4. The molecule has 3 saturated carbocycles. The van der Waals surface area contributed by atoms with Crippen molar-refractivity contribution in [2.75, 3.05) is 0 Å². The molecular weight excluding hydrogens is 333 g/mol. The first kappa shape index (κ1) is 20.5. The molecule has 0 spiro atoms. The predicted molar refractivity (Wildman–Crippen MR) is 102 cm³/mol. The maximum absolute atomic E-state index is 13.5. The highest BCUT2D eigenvalue weighted by molar-refractivity contribution is 4.87. The normalized spacial score (nSPS) is 44.8. The molecule has 26 heavy (non-hydrogen) atoms. The zero-order valence-electron chi connectivity index (χ0n) is 16.7. The molecule has 3 heteroatoms. The quantitative estimate of drug-likeness (QED) is 0.421. The molecule has 3 fully saturated rings. The van der Waals surface area contributed by atoms with Crippen LogP contribution in [0.15, 0.2) is 0 Å². The summed E-state index contributed by atoms with van der Waals surface area (Å²) in [6.45, 7) is 2.40. The second-order valence-corrected chi connectivity index (χ2v) is 9.90. The van der Waals surface area contributed by atoms with E-state index in [9.17, 15) is 13.2 Å². The van der Waals surface area contributed by atoms with E-state index in [2.05, 4.69) is 6.92 Å². The highest BCUT2D eigenvalue weighted by Gasteiger charge is 2.38. The van der Waals surface area contributed by atoms with E-state index in [1.807, 2.05) is 0 Å². The zero-order valence-corrected chi connectivity index (χ0v) is 16.7. The van der Waals surface area contributed by atoms with Gasteiger partial charge in [0.1, 0.15) is 12.3 Å². The Morgan fingerprint density at radius 1 is 0.615 bits per heavy atom. The van der Waals surface area contributed by atoms with Gasteiger partial charge in [-0.15, -0.1) is 0 Å². The number of rotatable bonds is 6. The number of halogens is 3. The lowest BCUT2D eigenvalue weighted by atomic mass is 9.69. The van der Waals surface area contributed by atoms with Crippen LogP contribution >= 0.6 is 0 Å². The fraction of sp³-hybridized carbons (Fsp3) is 1.00. The van der Waals surface area contributed by atoms with Gasteiger partial charge in [0, 0.05) is 0 Å². The fourth-order valence-electron chi connectivity index (χ4n) is 6.03. The maximum atomic E-state index is 13.5. The van der Waals surface area contributed by atoms with Crippen LogP contribution < -0.4 is 0 Å². The van der Waals surface area contributed by atoms with E-state index in [1.165, 1.54) is 64.2 Å². The van der Waals surface area contributed by atoms with Gasteiger partial charge in [0.25, 0.3) is 0 Å². The van der Waals surface area contributed by atoms with E-state index in [-0.39, 0.29) is 18.8 Å². The van der Waals surface area contributed by atoms with Gasteiger partial charge in [-0.1, -0.05) is 58.3 Å². The molecule has 0 aliphatic heterocycles. The van der Waals surface area contributed by atoms with Crippen molar-refractivity contribution < 1.29 is 13.2 Å². The third-order valence-electron chi connectivity index (χ3n) is 7.90. The van der Waals surface area contributed by atoms with Crippen LogP contribution in [0, 0.1) is 29.6 Å². The molecule has 3 aliphatic carbocycles. The van der Waals surface area contributed by atoms with Gasteiger partial charge in [-0.05, 0) is 68.1 Å². The minimum atomic E-state index is -1.88. The van der Waals surface area contributed by atoms with Gasteiger partial charge in [0.15, 0.2) is 6.17 Å². The number of alkyl halides is 3. The largest absolute Gasteiger partial charge is 0.244 e. The number of hydrogen-bond donors (Lipinski definition) is 0. The highest BCUT2D eigenvalue weighted by atomic mass is 19.2. The van der Waals surface area contributed by atoms with Crippen molar-refractivity contribution in [3.05, 3.63) is 0 Å². The minimum Gasteiger partial charge on any atom is -0.244 e. The Labute approximate surface area is 158 Å². The van der Waals surface area contributed by atoms with Crippen LogP contribution in [0.5, 0.6) is 0 Å². The molecule has 2 atom stereocenters. The predicted octanol–water partition coefficient (Wildman–Crippen LogP) is 7.60. The molecule has 0 N–H and O–H groups in total. The molecular formula is C23H39F3. The van der Waals surface area contributed by atoms with E-state index in [1.54, 1.807) is 0 Å². The zero-order chi connectivity index (χ0) is 18.5. The Hall–Kier alpha value is -0.210. The summed E-state index contributed by atoms with van der Waals surface area (Å²) in [7, 11) is 0. The molecule has 0 aromatic rings. The SMILES string of the molecule is CC1CCC(C2CCC(CCCCC3CC(F)C(F)C(F)C3)CC2)CC1. The van der Waals surface area contributed by atoms with Gasteiger partial charge in [-0.2, -0.15) is 0 Å². The van der Waals surface area contributed by atoms with Crippen molar-refractivity contribution >= 4 is 0 Å². The Bertz CT molecular complexity index is 384. The molecule has 0 bridgehead atoms. The van der Waals surface area contributed by atoms with Crippen LogP contribution in [0.4, 0.5) is 13.2 Å². The third kappa shape index (κ3) is 5.64. The van der Waals surface area contributed by atoms with Gasteiger partial charge in [-0.3, -0.25) is 0 Å². The molecule has 0 heterocycles. The van der Waals surface area contributed by atoms with Crippen molar-refractivity contribution in [2.45, 2.75) is 115 Å². The molecule has 0 radical (unpaired) electrons. The van der Waals surface area contributed by atoms with Crippen LogP contribution in [0.3, 0.4) is 0 Å². The maximum Gasteiger partial charge on any atom is 0.162 e. The van der Waals surface area contributed by atoms with E-state index in [0.29, 0.717) is 0 Å². The highest BCUT2D eigenvalue weighted by Crippen LogP contribution is 2.42. The van der Waals surface area contributed by atoms with E-state index in [4.69, 9.17) is 0 Å². The van der Waals surface area contributed by atoms with Gasteiger partial charge in [0.2, 0.25) is 0 Å². The summed E-state index contributed by atoms with van der Waals surface area (Å²) in [6.07, 6.45) is 11.3. The minimum absolute atomic E-state index is 0.0522. The Kier molecular flexibility index (Phi) is 7.75. The smallest absolute Gasteiger partial charge is 0.162 e. The molecule has 2 unspecified atom stereocenters. The van der Waals surface area contributed by atoms with Gasteiger partial charge in [-0.25, -0.2) is 13.2 Å². The summed E-state index contributed by atoms with van der Waals surface area (Å²) in [4.78, 5) is 0. The Morgan fingerprint density at radius 3 is 1.62 bits per heavy atom. The average Bonchev–Trinajstić information content (AvgIpc) is 2.64. The summed E-state index contributed by atoms with van der Waals surface area (Å²) in [5.41, 5.74) is 0. The topological polar surface area (TPSA) is 0 Å². The first-order chi connectivity index (χ1) is 12.5. The summed E-state index contributed by atoms with van der Waals surface area (Å²) in [5.74, 6) is 3.86. The second-order valence-electron chi connectivity index (χ2n) is 9.90. The fourth-order valence-corrected chi connectivity index (χ4v) is 6.03. The molecule has 152 valence electrons. The molecule has 3 aliphatic rings. The molecule has 0 nitrogen and oxygen atoms in total. The van der Waals surface area contributed by atoms with Crippen LogP contribution in [0.1, 0.15) is 96.8 Å². The van der Waals surface area contributed by atoms with Crippen molar-refractivity contribution in [2.24, 2.45) is 29.6 Å². The third-order valence-corrected chi connectivity index (χ3v) is 7.90. The summed E-state index contributed by atoms with van der Waals surface area (Å²) in [5, 5.41) is 0. The monoisotopic (exact) mass is 372 g/mol. The van der Waals surface area contributed by atoms with Gasteiger partial charge in [0.05, 0.1) is 0 Å². The van der Waals surface area contributed by atoms with Crippen molar-refractivity contribution in [3.63, 3.8) is 0 Å². The summed E-state index contributed by atoms with van der Waals surface area (Å²) >= 11 is 0. The molecule has 0 aromatic heterocycles. The summed E-state index contributed by atoms with van der Waals surface area (Å²) < 4.78 is 40.2. The van der Waals surface area contributed by atoms with Crippen molar-refractivity contribution in [1.82, 2.24) is 0 Å². The Balaban J connectivity index is 1.26. The van der Waals surface area contributed by atoms with Crippen LogP contribution in [0.2, 0.25) is 0 Å². The van der Waals surface area contributed by atoms with Crippen molar-refractivity contribution in [1.29, 1.82) is 0 Å². The Morgan fingerprint density at radius 2 is 1.08 bits per heavy atom. The molecule has 0 aromatic carbocycles. The lowest BCUT2D eigenvalue weighted by Gasteiger charge is -2.37. The van der Waals surface area contributed by atoms with Crippen LogP contribution in [-0.2, 0) is 0 Å². The van der Waals surface area contributed by atoms with Crippen molar-refractivity contribution in [3.8, 4) is 0 Å². The molecule has 0 saturated heterocycles. The molecule has 0 amide bonds. The van der Waals surface area contributed by atoms with E-state index in [0.717, 1.165) is 36.5 Å². The standard InChI is InChI=1S/C23H39F3/c1-16-6-10-19(11-7-16)20-12-8-17(9-13-20)4-2-3-5-18-14-21(24)23(26)22(25)15-18/h16-23H,2-15H2,1H3. The first-order valence-corrected chi connectivity index (χ1v) is 11.4. The number of unbranched alkanes of at least 4 members (excludes halogenated alkanes) is 1. The van der Waals surface area contributed by atoms with Gasteiger partial charge < -0.3 is 0 Å². The van der Waals surface area contributed by atoms with Gasteiger partial charge >= 0.3 is 0 Å². The average molecular weight is 373 g/mol. The van der Waals surface area contributed by atoms with E-state index < -0.39 is 18.5 Å². The lowest BCUT2D eigenvalue weighted by Crippen LogP contribution is -2.37. The van der Waals surface area contributed by atoms with E-state index >= 15 is 0 Å². The van der Waals surface area contributed by atoms with Crippen LogP contribution in [-0.4, -0.2) is 18.5 Å². The lowest BCUT2D eigenvalue weighted by molar-refractivity contribution is 0.0155. The molecule has 3 rings (SSSR count). The second kappa shape index (κ2) is 9.82. The van der Waals surface area contributed by atoms with Crippen LogP contribution in [0.25, 0.3) is 0 Å². The number of hydrogen-bond acceptors (Lipinski definition) is 0.